The van der Waals surface area contributed by atoms with E-state index in [0.717, 1.165) is 74.6 Å². The molecule has 1 aliphatic carbocycles. The smallest absolute Gasteiger partial charge is 0.289 e. The first-order valence-corrected chi connectivity index (χ1v) is 14.8. The molecule has 2 atom stereocenters. The van der Waals surface area contributed by atoms with E-state index in [2.05, 4.69) is 57.3 Å². The highest BCUT2D eigenvalue weighted by Gasteiger charge is 2.42. The highest BCUT2D eigenvalue weighted by atomic mass is 79.9. The Morgan fingerprint density at radius 3 is 2.68 bits per heavy atom. The van der Waals surface area contributed by atoms with Gasteiger partial charge in [-0.2, -0.15) is 0 Å². The molecule has 7 heteroatoms. The first kappa shape index (κ1) is 28.4. The maximum atomic E-state index is 13.4. The largest absolute Gasteiger partial charge is 0.482 e. The van der Waals surface area contributed by atoms with Crippen molar-refractivity contribution in [1.29, 1.82) is 0 Å². The van der Waals surface area contributed by atoms with Crippen molar-refractivity contribution in [2.24, 2.45) is 0 Å². The number of ether oxygens (including phenoxy) is 1. The fourth-order valence-electron chi connectivity index (χ4n) is 5.34. The summed E-state index contributed by atoms with van der Waals surface area (Å²) in [5.74, 6) is 0.0259. The number of hydrogen-bond acceptors (Lipinski definition) is 4. The average Bonchev–Trinajstić information content (AvgIpc) is 2.92. The van der Waals surface area contributed by atoms with Crippen LogP contribution in [0.2, 0.25) is 0 Å². The molecule has 0 spiro atoms. The summed E-state index contributed by atoms with van der Waals surface area (Å²) < 4.78 is 7.12. The molecule has 2 fully saturated rings. The minimum atomic E-state index is -0.197. The van der Waals surface area contributed by atoms with Crippen LogP contribution in [0.15, 0.2) is 64.8 Å². The molecule has 38 heavy (non-hydrogen) atoms. The molecular weight excluding hydrogens is 542 g/mol. The van der Waals surface area contributed by atoms with Crippen LogP contribution in [0.1, 0.15) is 63.0 Å². The summed E-state index contributed by atoms with van der Waals surface area (Å²) in [5.41, 5.74) is 2.21. The number of nitrogens with zero attached hydrogens (tertiary/aromatic N) is 2. The molecule has 1 aliphatic heterocycles. The van der Waals surface area contributed by atoms with Crippen molar-refractivity contribution in [3.8, 4) is 0 Å². The number of amides is 2. The topological polar surface area (TPSA) is 61.9 Å². The van der Waals surface area contributed by atoms with Crippen LogP contribution < -0.4 is 5.32 Å². The third-order valence-electron chi connectivity index (χ3n) is 7.33. The Hall–Kier alpha value is -2.64. The molecule has 0 bridgehead atoms. The predicted octanol–water partition coefficient (Wildman–Crippen LogP) is 5.77. The minimum absolute atomic E-state index is 0.0444. The first-order chi connectivity index (χ1) is 18.5. The van der Waals surface area contributed by atoms with E-state index in [1.54, 1.807) is 11.0 Å². The first-order valence-electron chi connectivity index (χ1n) is 14.0. The summed E-state index contributed by atoms with van der Waals surface area (Å²) in [5, 5.41) is 3.07. The fraction of sp³-hybridized carbons (Fsp3) is 0.484. The quantitative estimate of drug-likeness (QED) is 0.255. The lowest BCUT2D eigenvalue weighted by atomic mass is 9.89. The Morgan fingerprint density at radius 1 is 1.11 bits per heavy atom. The molecule has 2 aromatic rings. The zero-order valence-electron chi connectivity index (χ0n) is 22.4. The van der Waals surface area contributed by atoms with Gasteiger partial charge in [-0.1, -0.05) is 78.2 Å². The zero-order chi connectivity index (χ0) is 26.7. The van der Waals surface area contributed by atoms with Crippen LogP contribution in [0, 0.1) is 0 Å². The van der Waals surface area contributed by atoms with Crippen molar-refractivity contribution in [1.82, 2.24) is 15.1 Å². The van der Waals surface area contributed by atoms with Gasteiger partial charge in [0.15, 0.2) is 5.76 Å². The maximum Gasteiger partial charge on any atom is 0.289 e. The molecule has 2 aliphatic rings. The molecular formula is C31H40BrN3O3. The van der Waals surface area contributed by atoms with Crippen LogP contribution in [0.5, 0.6) is 0 Å². The van der Waals surface area contributed by atoms with Gasteiger partial charge < -0.3 is 15.0 Å². The van der Waals surface area contributed by atoms with Crippen molar-refractivity contribution in [3.05, 3.63) is 76.0 Å². The van der Waals surface area contributed by atoms with Crippen LogP contribution in [-0.2, 0) is 20.9 Å². The van der Waals surface area contributed by atoms with Crippen LogP contribution in [0.25, 0.3) is 6.08 Å². The Labute approximate surface area is 235 Å². The second-order valence-electron chi connectivity index (χ2n) is 10.3. The van der Waals surface area contributed by atoms with Gasteiger partial charge in [0.2, 0.25) is 5.91 Å². The minimum Gasteiger partial charge on any atom is -0.482 e. The number of hydrogen-bond donors (Lipinski definition) is 1. The number of halogens is 1. The van der Waals surface area contributed by atoms with Gasteiger partial charge in [0.1, 0.15) is 12.6 Å². The van der Waals surface area contributed by atoms with E-state index >= 15 is 0 Å². The molecule has 1 saturated carbocycles. The van der Waals surface area contributed by atoms with Crippen LogP contribution in [0.3, 0.4) is 0 Å². The lowest BCUT2D eigenvalue weighted by Crippen LogP contribution is -2.57. The molecule has 2 aromatic carbocycles. The molecule has 1 heterocycles. The molecule has 1 N–H and O–H groups in total. The average molecular weight is 583 g/mol. The predicted molar refractivity (Wildman–Crippen MR) is 155 cm³/mol. The molecule has 6 nitrogen and oxygen atoms in total. The van der Waals surface area contributed by atoms with Crippen molar-refractivity contribution < 1.29 is 14.3 Å². The summed E-state index contributed by atoms with van der Waals surface area (Å²) in [6.07, 6.45) is 8.84. The van der Waals surface area contributed by atoms with Crippen molar-refractivity contribution >= 4 is 33.8 Å². The number of benzene rings is 2. The molecule has 1 saturated heterocycles. The number of carbonyl (C=O) groups is 2. The molecule has 0 aromatic heterocycles. The van der Waals surface area contributed by atoms with Gasteiger partial charge in [0.05, 0.1) is 6.04 Å². The van der Waals surface area contributed by atoms with Gasteiger partial charge in [-0.05, 0) is 68.0 Å². The van der Waals surface area contributed by atoms with E-state index in [9.17, 15) is 9.59 Å². The molecule has 0 radical (unpaired) electrons. The van der Waals surface area contributed by atoms with E-state index < -0.39 is 0 Å². The van der Waals surface area contributed by atoms with Crippen LogP contribution >= 0.6 is 15.9 Å². The normalized spacial score (nSPS) is 20.3. The number of unbranched alkanes of at least 4 members (excludes halogenated alkanes) is 1. The number of rotatable bonds is 12. The van der Waals surface area contributed by atoms with Crippen LogP contribution in [0.4, 0.5) is 0 Å². The summed E-state index contributed by atoms with van der Waals surface area (Å²) in [7, 11) is 0. The summed E-state index contributed by atoms with van der Waals surface area (Å²) >= 11 is 3.49. The standard InChI is InChI=1S/C31H40BrN3O3/c1-2-3-18-34(22-24-11-5-4-6-12-24)19-10-17-33-30(36)23-35-27-15-7-8-16-28(27)38-29(31(35)37)21-25-13-9-14-26(32)20-25/h4-6,9,11-14,20-21,27-28H,2-3,7-8,10,15-19,22-23H2,1H3,(H,33,36)/b29-21+. The second-order valence-corrected chi connectivity index (χ2v) is 11.2. The van der Waals surface area contributed by atoms with E-state index in [4.69, 9.17) is 4.74 Å². The molecule has 2 amide bonds. The Balaban J connectivity index is 1.32. The van der Waals surface area contributed by atoms with Gasteiger partial charge in [0, 0.05) is 24.1 Å². The van der Waals surface area contributed by atoms with Crippen molar-refractivity contribution in [2.75, 3.05) is 26.2 Å². The Bertz CT molecular complexity index is 1090. The second kappa shape index (κ2) is 14.5. The molecule has 4 rings (SSSR count). The number of carbonyl (C=O) groups excluding carboxylic acids is 2. The van der Waals surface area contributed by atoms with E-state index in [1.165, 1.54) is 5.56 Å². The summed E-state index contributed by atoms with van der Waals surface area (Å²) in [4.78, 5) is 30.6. The third kappa shape index (κ3) is 8.18. The highest BCUT2D eigenvalue weighted by Crippen LogP contribution is 2.33. The lowest BCUT2D eigenvalue weighted by Gasteiger charge is -2.44. The third-order valence-corrected chi connectivity index (χ3v) is 7.82. The van der Waals surface area contributed by atoms with E-state index in [1.807, 2.05) is 30.3 Å². The number of nitrogens with one attached hydrogen (secondary N) is 1. The fourth-order valence-corrected chi connectivity index (χ4v) is 5.76. The van der Waals surface area contributed by atoms with Crippen molar-refractivity contribution in [3.63, 3.8) is 0 Å². The molecule has 204 valence electrons. The van der Waals surface area contributed by atoms with Crippen molar-refractivity contribution in [2.45, 2.75) is 70.6 Å². The lowest BCUT2D eigenvalue weighted by molar-refractivity contribution is -0.151. The number of fused-ring (bicyclic) bond motifs is 1. The van der Waals surface area contributed by atoms with Gasteiger partial charge in [-0.3, -0.25) is 14.5 Å². The van der Waals surface area contributed by atoms with Crippen LogP contribution in [-0.4, -0.2) is 59.9 Å². The van der Waals surface area contributed by atoms with Gasteiger partial charge in [-0.25, -0.2) is 0 Å². The maximum absolute atomic E-state index is 13.4. The van der Waals surface area contributed by atoms with E-state index in [0.29, 0.717) is 12.3 Å². The summed E-state index contributed by atoms with van der Waals surface area (Å²) in [6, 6.07) is 18.3. The highest BCUT2D eigenvalue weighted by molar-refractivity contribution is 9.10. The number of morpholine rings is 1. The Kier molecular flexibility index (Phi) is 10.8. The SMILES string of the molecule is CCCCN(CCCNC(=O)CN1C(=O)/C(=C\c2cccc(Br)c2)OC2CCCCC21)Cc1ccccc1. The zero-order valence-corrected chi connectivity index (χ0v) is 24.0. The van der Waals surface area contributed by atoms with Gasteiger partial charge in [0.25, 0.3) is 5.91 Å². The van der Waals surface area contributed by atoms with Gasteiger partial charge in [-0.15, -0.1) is 0 Å². The van der Waals surface area contributed by atoms with E-state index in [-0.39, 0.29) is 30.5 Å². The Morgan fingerprint density at radius 2 is 1.89 bits per heavy atom. The van der Waals surface area contributed by atoms with Gasteiger partial charge >= 0.3 is 0 Å². The monoisotopic (exact) mass is 581 g/mol. The molecule has 2 unspecified atom stereocenters. The summed E-state index contributed by atoms with van der Waals surface area (Å²) in [6.45, 7) is 5.79.